The van der Waals surface area contributed by atoms with Gasteiger partial charge < -0.3 is 10.2 Å². The van der Waals surface area contributed by atoms with Gasteiger partial charge >= 0.3 is 5.51 Å². The van der Waals surface area contributed by atoms with E-state index in [1.165, 1.54) is 0 Å². The largest absolute Gasteiger partial charge is 0.501 e. The molecule has 0 saturated carbocycles. The Morgan fingerprint density at radius 1 is 1.08 bits per heavy atom. The van der Waals surface area contributed by atoms with Crippen molar-refractivity contribution in [2.75, 3.05) is 19.0 Å². The first-order valence-corrected chi connectivity index (χ1v) is 8.96. The number of alkyl halides is 3. The number of halogens is 3. The molecule has 9 heteroatoms. The number of carbonyl (C=O) groups excluding carboxylic acids is 1. The van der Waals surface area contributed by atoms with Gasteiger partial charge in [0.15, 0.2) is 0 Å². The van der Waals surface area contributed by atoms with Crippen LogP contribution in [0.2, 0.25) is 0 Å². The SMILES string of the molecule is CN(C)c1cccc(CNC(=O)c2ccc(S(=O)(=O)C(F)(F)F)cc2)c1. The summed E-state index contributed by atoms with van der Waals surface area (Å²) in [5, 5.41) is 2.64. The maximum Gasteiger partial charge on any atom is 0.501 e. The van der Waals surface area contributed by atoms with Crippen molar-refractivity contribution >= 4 is 21.4 Å². The molecule has 0 bridgehead atoms. The summed E-state index contributed by atoms with van der Waals surface area (Å²) >= 11 is 0. The maximum absolute atomic E-state index is 12.5. The number of nitrogens with one attached hydrogen (secondary N) is 1. The van der Waals surface area contributed by atoms with Gasteiger partial charge in [-0.15, -0.1) is 0 Å². The van der Waals surface area contributed by atoms with E-state index in [2.05, 4.69) is 5.32 Å². The van der Waals surface area contributed by atoms with Gasteiger partial charge in [0.05, 0.1) is 4.90 Å². The molecule has 140 valence electrons. The Bertz CT molecular complexity index is 892. The molecule has 1 amide bonds. The average Bonchev–Trinajstić information content (AvgIpc) is 2.59. The molecule has 0 aliphatic heterocycles. The lowest BCUT2D eigenvalue weighted by molar-refractivity contribution is -0.0436. The Morgan fingerprint density at radius 3 is 2.23 bits per heavy atom. The van der Waals surface area contributed by atoms with E-state index in [1.807, 2.05) is 43.3 Å². The monoisotopic (exact) mass is 386 g/mol. The molecular formula is C17H17F3N2O3S. The molecule has 0 heterocycles. The number of hydrogen-bond donors (Lipinski definition) is 1. The topological polar surface area (TPSA) is 66.5 Å². The first-order valence-electron chi connectivity index (χ1n) is 7.48. The van der Waals surface area contributed by atoms with Gasteiger partial charge in [-0.1, -0.05) is 12.1 Å². The molecule has 2 aromatic carbocycles. The van der Waals surface area contributed by atoms with Crippen molar-refractivity contribution in [1.29, 1.82) is 0 Å². The van der Waals surface area contributed by atoms with Crippen molar-refractivity contribution < 1.29 is 26.4 Å². The fraction of sp³-hybridized carbons (Fsp3) is 0.235. The minimum Gasteiger partial charge on any atom is -0.378 e. The Labute approximate surface area is 149 Å². The maximum atomic E-state index is 12.5. The van der Waals surface area contributed by atoms with E-state index < -0.39 is 26.1 Å². The van der Waals surface area contributed by atoms with Crippen LogP contribution in [-0.2, 0) is 16.4 Å². The third-order valence-corrected chi connectivity index (χ3v) is 5.11. The number of amides is 1. The highest BCUT2D eigenvalue weighted by atomic mass is 32.2. The van der Waals surface area contributed by atoms with Crippen LogP contribution in [0.3, 0.4) is 0 Å². The number of anilines is 1. The second-order valence-electron chi connectivity index (χ2n) is 5.72. The van der Waals surface area contributed by atoms with E-state index in [0.717, 1.165) is 35.5 Å². The Morgan fingerprint density at radius 2 is 1.69 bits per heavy atom. The fourth-order valence-corrected chi connectivity index (χ4v) is 2.91. The highest BCUT2D eigenvalue weighted by Gasteiger charge is 2.46. The number of hydrogen-bond acceptors (Lipinski definition) is 4. The zero-order chi connectivity index (χ0) is 19.5. The molecule has 0 radical (unpaired) electrons. The summed E-state index contributed by atoms with van der Waals surface area (Å²) in [5.74, 6) is -0.517. The summed E-state index contributed by atoms with van der Waals surface area (Å²) in [4.78, 5) is 13.1. The Hall–Kier alpha value is -2.55. The van der Waals surface area contributed by atoms with E-state index in [0.29, 0.717) is 0 Å². The van der Waals surface area contributed by atoms with Crippen molar-refractivity contribution in [3.63, 3.8) is 0 Å². The van der Waals surface area contributed by atoms with Gasteiger partial charge in [0.25, 0.3) is 15.7 Å². The average molecular weight is 386 g/mol. The molecule has 2 rings (SSSR count). The van der Waals surface area contributed by atoms with Crippen molar-refractivity contribution in [2.45, 2.75) is 16.9 Å². The minimum absolute atomic E-state index is 0.0647. The standard InChI is InChI=1S/C17H17F3N2O3S/c1-22(2)14-5-3-4-12(10-14)11-21-16(23)13-6-8-15(9-7-13)26(24,25)17(18,19)20/h3-10H,11H2,1-2H3,(H,21,23). The molecule has 2 aromatic rings. The molecule has 0 aliphatic rings. The van der Waals surface area contributed by atoms with Crippen LogP contribution in [0.5, 0.6) is 0 Å². The van der Waals surface area contributed by atoms with Gasteiger partial charge in [0, 0.05) is 31.9 Å². The third-order valence-electron chi connectivity index (χ3n) is 3.61. The van der Waals surface area contributed by atoms with Gasteiger partial charge in [0.2, 0.25) is 0 Å². The summed E-state index contributed by atoms with van der Waals surface area (Å²) in [6.45, 7) is 0.225. The smallest absolute Gasteiger partial charge is 0.378 e. The quantitative estimate of drug-likeness (QED) is 0.858. The normalized spacial score (nSPS) is 11.9. The molecular weight excluding hydrogens is 369 g/mol. The first-order chi connectivity index (χ1) is 12.0. The molecule has 26 heavy (non-hydrogen) atoms. The molecule has 0 unspecified atom stereocenters. The van der Waals surface area contributed by atoms with Gasteiger partial charge in [-0.3, -0.25) is 4.79 Å². The van der Waals surface area contributed by atoms with Crippen LogP contribution in [0.15, 0.2) is 53.4 Å². The molecule has 5 nitrogen and oxygen atoms in total. The van der Waals surface area contributed by atoms with E-state index in [1.54, 1.807) is 0 Å². The predicted molar refractivity (Wildman–Crippen MR) is 91.6 cm³/mol. The summed E-state index contributed by atoms with van der Waals surface area (Å²) in [5.41, 5.74) is -3.51. The Balaban J connectivity index is 2.08. The fourth-order valence-electron chi connectivity index (χ4n) is 2.15. The minimum atomic E-state index is -5.42. The summed E-state index contributed by atoms with van der Waals surface area (Å²) < 4.78 is 60.1. The summed E-state index contributed by atoms with van der Waals surface area (Å²) in [7, 11) is -1.66. The van der Waals surface area contributed by atoms with Crippen LogP contribution < -0.4 is 10.2 Å². The molecule has 0 aliphatic carbocycles. The van der Waals surface area contributed by atoms with Crippen molar-refractivity contribution in [2.24, 2.45) is 0 Å². The zero-order valence-electron chi connectivity index (χ0n) is 14.0. The summed E-state index contributed by atoms with van der Waals surface area (Å²) in [6, 6.07) is 11.1. The van der Waals surface area contributed by atoms with Gasteiger partial charge in [-0.05, 0) is 42.0 Å². The van der Waals surface area contributed by atoms with Crippen LogP contribution in [0.4, 0.5) is 18.9 Å². The molecule has 0 spiro atoms. The number of sulfone groups is 1. The van der Waals surface area contributed by atoms with Crippen LogP contribution in [0.1, 0.15) is 15.9 Å². The molecule has 0 aromatic heterocycles. The zero-order valence-corrected chi connectivity index (χ0v) is 14.9. The van der Waals surface area contributed by atoms with Crippen LogP contribution in [-0.4, -0.2) is 33.9 Å². The van der Waals surface area contributed by atoms with Crippen LogP contribution in [0, 0.1) is 0 Å². The second kappa shape index (κ2) is 7.36. The van der Waals surface area contributed by atoms with Crippen molar-refractivity contribution in [3.05, 3.63) is 59.7 Å². The van der Waals surface area contributed by atoms with E-state index in [-0.39, 0.29) is 12.1 Å². The molecule has 0 atom stereocenters. The van der Waals surface area contributed by atoms with Gasteiger partial charge in [-0.2, -0.15) is 13.2 Å². The first kappa shape index (κ1) is 19.8. The molecule has 0 fully saturated rings. The predicted octanol–water partition coefficient (Wildman–Crippen LogP) is 2.98. The number of nitrogens with zero attached hydrogens (tertiary/aromatic N) is 1. The van der Waals surface area contributed by atoms with E-state index in [9.17, 15) is 26.4 Å². The lowest BCUT2D eigenvalue weighted by atomic mass is 10.1. The lowest BCUT2D eigenvalue weighted by Gasteiger charge is -2.14. The van der Waals surface area contributed by atoms with E-state index in [4.69, 9.17) is 0 Å². The number of benzene rings is 2. The lowest BCUT2D eigenvalue weighted by Crippen LogP contribution is -2.24. The highest BCUT2D eigenvalue weighted by molar-refractivity contribution is 7.92. The number of carbonyl (C=O) groups is 1. The third kappa shape index (κ3) is 4.34. The Kier molecular flexibility index (Phi) is 5.60. The molecule has 1 N–H and O–H groups in total. The number of rotatable bonds is 5. The van der Waals surface area contributed by atoms with E-state index >= 15 is 0 Å². The van der Waals surface area contributed by atoms with Crippen LogP contribution >= 0.6 is 0 Å². The molecule has 0 saturated heterocycles. The van der Waals surface area contributed by atoms with Crippen LogP contribution in [0.25, 0.3) is 0 Å². The van der Waals surface area contributed by atoms with Gasteiger partial charge in [-0.25, -0.2) is 8.42 Å². The van der Waals surface area contributed by atoms with Crippen molar-refractivity contribution in [1.82, 2.24) is 5.32 Å². The second-order valence-corrected chi connectivity index (χ2v) is 7.66. The van der Waals surface area contributed by atoms with Gasteiger partial charge in [0.1, 0.15) is 0 Å². The summed E-state index contributed by atoms with van der Waals surface area (Å²) in [6.07, 6.45) is 0. The van der Waals surface area contributed by atoms with Crippen molar-refractivity contribution in [3.8, 4) is 0 Å². The highest BCUT2D eigenvalue weighted by Crippen LogP contribution is 2.30.